The van der Waals surface area contributed by atoms with Crippen LogP contribution in [0.3, 0.4) is 0 Å². The molecule has 0 atom stereocenters. The largest absolute Gasteiger partial charge is 0.444 e. The molecule has 0 bridgehead atoms. The first-order valence-corrected chi connectivity index (χ1v) is 9.06. The van der Waals surface area contributed by atoms with Crippen molar-refractivity contribution in [1.29, 1.82) is 5.26 Å². The molecule has 1 amide bonds. The van der Waals surface area contributed by atoms with E-state index in [4.69, 9.17) is 4.74 Å². The van der Waals surface area contributed by atoms with E-state index in [2.05, 4.69) is 25.9 Å². The molecule has 28 heavy (non-hydrogen) atoms. The van der Waals surface area contributed by atoms with Crippen LogP contribution < -0.4 is 5.32 Å². The fourth-order valence-corrected chi connectivity index (χ4v) is 2.90. The van der Waals surface area contributed by atoms with E-state index in [-0.39, 0.29) is 17.5 Å². The summed E-state index contributed by atoms with van der Waals surface area (Å²) in [5.41, 5.74) is 3.00. The SMILES string of the molecule is CC(C)(C)OC(=O)N1CCc2ccc(NC=C(C#N)c3nn[nH]n3)cc2CC1. The monoisotopic (exact) mass is 381 g/mol. The van der Waals surface area contributed by atoms with Crippen LogP contribution in [0.25, 0.3) is 5.57 Å². The van der Waals surface area contributed by atoms with Gasteiger partial charge in [-0.3, -0.25) is 0 Å². The first kappa shape index (κ1) is 19.4. The predicted octanol–water partition coefficient (Wildman–Crippen LogP) is 2.51. The Morgan fingerprint density at radius 1 is 1.32 bits per heavy atom. The van der Waals surface area contributed by atoms with Crippen LogP contribution in [-0.4, -0.2) is 50.3 Å². The lowest BCUT2D eigenvalue weighted by atomic mass is 10.0. The number of carbonyl (C=O) groups excluding carboxylic acids is 1. The van der Waals surface area contributed by atoms with Gasteiger partial charge in [-0.1, -0.05) is 6.07 Å². The van der Waals surface area contributed by atoms with Crippen LogP contribution in [-0.2, 0) is 17.6 Å². The van der Waals surface area contributed by atoms with E-state index < -0.39 is 5.60 Å². The second-order valence-electron chi connectivity index (χ2n) is 7.50. The normalized spacial score (nSPS) is 14.6. The van der Waals surface area contributed by atoms with E-state index in [9.17, 15) is 10.1 Å². The molecule has 0 saturated carbocycles. The summed E-state index contributed by atoms with van der Waals surface area (Å²) in [5, 5.41) is 25.7. The number of allylic oxidation sites excluding steroid dienone is 1. The fourth-order valence-electron chi connectivity index (χ4n) is 2.90. The van der Waals surface area contributed by atoms with Gasteiger partial charge in [0.2, 0.25) is 5.82 Å². The third-order valence-corrected chi connectivity index (χ3v) is 4.25. The van der Waals surface area contributed by atoms with E-state index in [1.807, 2.05) is 45.0 Å². The smallest absolute Gasteiger partial charge is 0.410 e. The van der Waals surface area contributed by atoms with Crippen molar-refractivity contribution in [3.05, 3.63) is 41.4 Å². The number of fused-ring (bicyclic) bond motifs is 1. The molecule has 1 aromatic carbocycles. The van der Waals surface area contributed by atoms with Crippen molar-refractivity contribution < 1.29 is 9.53 Å². The molecule has 0 unspecified atom stereocenters. The summed E-state index contributed by atoms with van der Waals surface area (Å²) in [6.07, 6.45) is 2.79. The molecule has 2 aromatic rings. The highest BCUT2D eigenvalue weighted by molar-refractivity contribution is 5.74. The van der Waals surface area contributed by atoms with Crippen LogP contribution in [0.5, 0.6) is 0 Å². The summed E-state index contributed by atoms with van der Waals surface area (Å²) in [6, 6.07) is 8.07. The molecule has 0 spiro atoms. The molecule has 9 heteroatoms. The molecule has 0 saturated heterocycles. The second-order valence-corrected chi connectivity index (χ2v) is 7.50. The first-order chi connectivity index (χ1) is 13.4. The predicted molar refractivity (Wildman–Crippen MR) is 103 cm³/mol. The molecule has 0 aliphatic carbocycles. The summed E-state index contributed by atoms with van der Waals surface area (Å²) in [7, 11) is 0. The number of amides is 1. The number of nitrogens with one attached hydrogen (secondary N) is 2. The molecule has 3 rings (SSSR count). The van der Waals surface area contributed by atoms with Crippen molar-refractivity contribution in [2.45, 2.75) is 39.2 Å². The Labute approximate surface area is 163 Å². The standard InChI is InChI=1S/C19H23N7O2/c1-19(2,3)28-18(27)26-8-6-13-4-5-16(10-14(13)7-9-26)21-12-15(11-20)17-22-24-25-23-17/h4-5,10,12,21H,6-9H2,1-3H3,(H,22,23,24,25). The van der Waals surface area contributed by atoms with Gasteiger partial charge < -0.3 is 15.0 Å². The molecule has 2 N–H and O–H groups in total. The molecule has 1 aromatic heterocycles. The number of aromatic amines is 1. The van der Waals surface area contributed by atoms with E-state index in [1.54, 1.807) is 11.1 Å². The highest BCUT2D eigenvalue weighted by Gasteiger charge is 2.24. The molecule has 0 radical (unpaired) electrons. The van der Waals surface area contributed by atoms with Crippen LogP contribution >= 0.6 is 0 Å². The number of H-pyrrole nitrogens is 1. The Bertz CT molecular complexity index is 907. The highest BCUT2D eigenvalue weighted by Crippen LogP contribution is 2.22. The third-order valence-electron chi connectivity index (χ3n) is 4.25. The van der Waals surface area contributed by atoms with Gasteiger partial charge in [-0.2, -0.15) is 10.5 Å². The number of ether oxygens (including phenoxy) is 1. The molecule has 1 aliphatic heterocycles. The number of anilines is 1. The van der Waals surface area contributed by atoms with Gasteiger partial charge in [0.15, 0.2) is 0 Å². The number of nitriles is 1. The van der Waals surface area contributed by atoms with Gasteiger partial charge in [0.25, 0.3) is 0 Å². The number of rotatable bonds is 3. The van der Waals surface area contributed by atoms with Crippen molar-refractivity contribution in [3.8, 4) is 6.07 Å². The average Bonchev–Trinajstić information content (AvgIpc) is 3.07. The van der Waals surface area contributed by atoms with Crippen LogP contribution in [0.15, 0.2) is 24.4 Å². The molecule has 0 fully saturated rings. The summed E-state index contributed by atoms with van der Waals surface area (Å²) in [6.45, 7) is 6.84. The van der Waals surface area contributed by atoms with E-state index in [1.165, 1.54) is 11.1 Å². The van der Waals surface area contributed by atoms with Crippen LogP contribution in [0.1, 0.15) is 37.7 Å². The third kappa shape index (κ3) is 4.85. The number of aromatic nitrogens is 4. The Hall–Kier alpha value is -3.41. The summed E-state index contributed by atoms with van der Waals surface area (Å²) in [5.74, 6) is 0.234. The Morgan fingerprint density at radius 3 is 2.71 bits per heavy atom. The first-order valence-electron chi connectivity index (χ1n) is 9.06. The van der Waals surface area contributed by atoms with Gasteiger partial charge in [0.05, 0.1) is 0 Å². The number of benzene rings is 1. The molecular formula is C19H23N7O2. The zero-order valence-electron chi connectivity index (χ0n) is 16.2. The maximum absolute atomic E-state index is 12.3. The number of carbonyl (C=O) groups is 1. The van der Waals surface area contributed by atoms with Crippen LogP contribution in [0, 0.1) is 11.3 Å². The number of tetrazole rings is 1. The Balaban J connectivity index is 1.68. The van der Waals surface area contributed by atoms with Crippen LogP contribution in [0.2, 0.25) is 0 Å². The maximum atomic E-state index is 12.3. The zero-order valence-corrected chi connectivity index (χ0v) is 16.2. The highest BCUT2D eigenvalue weighted by atomic mass is 16.6. The van der Waals surface area contributed by atoms with E-state index in [0.29, 0.717) is 13.1 Å². The summed E-state index contributed by atoms with van der Waals surface area (Å²) < 4.78 is 5.48. The van der Waals surface area contributed by atoms with Crippen molar-refractivity contribution in [1.82, 2.24) is 25.5 Å². The molecular weight excluding hydrogens is 358 g/mol. The quantitative estimate of drug-likeness (QED) is 0.784. The average molecular weight is 381 g/mol. The number of hydrogen-bond acceptors (Lipinski definition) is 7. The van der Waals surface area contributed by atoms with Gasteiger partial charge in [-0.05, 0) is 62.1 Å². The minimum absolute atomic E-state index is 0.234. The van der Waals surface area contributed by atoms with Crippen molar-refractivity contribution >= 4 is 17.4 Å². The van der Waals surface area contributed by atoms with Crippen molar-refractivity contribution in [2.75, 3.05) is 18.4 Å². The second kappa shape index (κ2) is 8.08. The Kier molecular flexibility index (Phi) is 5.59. The maximum Gasteiger partial charge on any atom is 0.410 e. The number of nitrogens with zero attached hydrogens (tertiary/aromatic N) is 5. The lowest BCUT2D eigenvalue weighted by molar-refractivity contribution is 0.0258. The number of hydrogen-bond donors (Lipinski definition) is 2. The summed E-state index contributed by atoms with van der Waals surface area (Å²) >= 11 is 0. The topological polar surface area (TPSA) is 120 Å². The lowest BCUT2D eigenvalue weighted by Crippen LogP contribution is -2.38. The van der Waals surface area contributed by atoms with E-state index >= 15 is 0 Å². The summed E-state index contributed by atoms with van der Waals surface area (Å²) in [4.78, 5) is 14.1. The van der Waals surface area contributed by atoms with E-state index in [0.717, 1.165) is 18.5 Å². The molecule has 1 aliphatic rings. The lowest BCUT2D eigenvalue weighted by Gasteiger charge is -2.26. The zero-order chi connectivity index (χ0) is 20.1. The molecule has 146 valence electrons. The van der Waals surface area contributed by atoms with Gasteiger partial charge in [-0.25, -0.2) is 4.79 Å². The molecule has 2 heterocycles. The van der Waals surface area contributed by atoms with Crippen molar-refractivity contribution in [2.24, 2.45) is 0 Å². The minimum Gasteiger partial charge on any atom is -0.444 e. The minimum atomic E-state index is -0.503. The van der Waals surface area contributed by atoms with Gasteiger partial charge >= 0.3 is 6.09 Å². The molecule has 9 nitrogen and oxygen atoms in total. The van der Waals surface area contributed by atoms with Crippen molar-refractivity contribution in [3.63, 3.8) is 0 Å². The van der Waals surface area contributed by atoms with Gasteiger partial charge in [0, 0.05) is 25.0 Å². The van der Waals surface area contributed by atoms with Crippen LogP contribution in [0.4, 0.5) is 10.5 Å². The fraction of sp³-hybridized carbons (Fsp3) is 0.421. The van der Waals surface area contributed by atoms with Gasteiger partial charge in [-0.15, -0.1) is 10.2 Å². The van der Waals surface area contributed by atoms with Gasteiger partial charge in [0.1, 0.15) is 17.2 Å². The Morgan fingerprint density at radius 2 is 2.07 bits per heavy atom.